The highest BCUT2D eigenvalue weighted by molar-refractivity contribution is 7.99. The van der Waals surface area contributed by atoms with Gasteiger partial charge in [-0.1, -0.05) is 12.1 Å². The van der Waals surface area contributed by atoms with Gasteiger partial charge in [0.1, 0.15) is 17.3 Å². The molecular weight excluding hydrogens is 370 g/mol. The van der Waals surface area contributed by atoms with Crippen molar-refractivity contribution in [3.8, 4) is 11.5 Å². The number of rotatable bonds is 5. The summed E-state index contributed by atoms with van der Waals surface area (Å²) in [6.45, 7) is 3.83. The van der Waals surface area contributed by atoms with Crippen molar-refractivity contribution in [2.75, 3.05) is 25.7 Å². The maximum Gasteiger partial charge on any atom is 0.125 e. The number of aromatic amines is 1. The summed E-state index contributed by atoms with van der Waals surface area (Å²) < 4.78 is 10.9. The molecule has 0 radical (unpaired) electrons. The predicted molar refractivity (Wildman–Crippen MR) is 114 cm³/mol. The van der Waals surface area contributed by atoms with Crippen LogP contribution in [0.15, 0.2) is 53.7 Å². The third kappa shape index (κ3) is 3.83. The van der Waals surface area contributed by atoms with Gasteiger partial charge in [0.05, 0.1) is 26.5 Å². The fourth-order valence-electron chi connectivity index (χ4n) is 3.65. The molecular formula is C22H25N3O2S. The van der Waals surface area contributed by atoms with Crippen LogP contribution in [-0.2, 0) is 6.54 Å². The number of fused-ring (bicyclic) bond motifs is 1. The lowest BCUT2D eigenvalue weighted by atomic mass is 10.1. The maximum absolute atomic E-state index is 5.49. The largest absolute Gasteiger partial charge is 0.497 e. The highest BCUT2D eigenvalue weighted by Crippen LogP contribution is 2.47. The van der Waals surface area contributed by atoms with Gasteiger partial charge in [0.25, 0.3) is 0 Å². The van der Waals surface area contributed by atoms with Crippen molar-refractivity contribution < 1.29 is 9.47 Å². The van der Waals surface area contributed by atoms with Crippen molar-refractivity contribution in [1.82, 2.24) is 9.97 Å². The van der Waals surface area contributed by atoms with Gasteiger partial charge < -0.3 is 19.4 Å². The number of aryl methyl sites for hydroxylation is 1. The summed E-state index contributed by atoms with van der Waals surface area (Å²) in [4.78, 5) is 11.3. The Morgan fingerprint density at radius 1 is 1.18 bits per heavy atom. The summed E-state index contributed by atoms with van der Waals surface area (Å²) in [6, 6.07) is 12.8. The first-order valence-electron chi connectivity index (χ1n) is 9.40. The zero-order valence-corrected chi connectivity index (χ0v) is 17.3. The monoisotopic (exact) mass is 395 g/mol. The van der Waals surface area contributed by atoms with E-state index in [1.54, 1.807) is 20.4 Å². The Morgan fingerprint density at radius 2 is 2.07 bits per heavy atom. The van der Waals surface area contributed by atoms with E-state index < -0.39 is 0 Å². The summed E-state index contributed by atoms with van der Waals surface area (Å²) in [7, 11) is 3.44. The molecule has 0 bridgehead atoms. The lowest BCUT2D eigenvalue weighted by Crippen LogP contribution is -2.24. The third-order valence-electron chi connectivity index (χ3n) is 5.12. The SMILES string of the molecule is COc1ccc2c(c1)S[C@@H](c1ccc(OC)c(C)c1)CCN2Cc1ncc[nH]1. The number of ether oxygens (including phenoxy) is 2. The fourth-order valence-corrected chi connectivity index (χ4v) is 4.96. The first-order valence-corrected chi connectivity index (χ1v) is 10.3. The molecule has 28 heavy (non-hydrogen) atoms. The molecule has 2 heterocycles. The average Bonchev–Trinajstić information content (AvgIpc) is 3.16. The number of thioether (sulfide) groups is 1. The van der Waals surface area contributed by atoms with E-state index in [9.17, 15) is 0 Å². The van der Waals surface area contributed by atoms with E-state index in [0.717, 1.165) is 36.8 Å². The van der Waals surface area contributed by atoms with E-state index in [4.69, 9.17) is 9.47 Å². The van der Waals surface area contributed by atoms with Crippen LogP contribution in [0.1, 0.15) is 28.6 Å². The first-order chi connectivity index (χ1) is 13.7. The number of H-pyrrole nitrogens is 1. The Morgan fingerprint density at radius 3 is 2.79 bits per heavy atom. The minimum absolute atomic E-state index is 0.372. The Hall–Kier alpha value is -2.60. The summed E-state index contributed by atoms with van der Waals surface area (Å²) in [5, 5.41) is 0.372. The van der Waals surface area contributed by atoms with Crippen molar-refractivity contribution in [3.63, 3.8) is 0 Å². The molecule has 0 aliphatic carbocycles. The van der Waals surface area contributed by atoms with Gasteiger partial charge >= 0.3 is 0 Å². The van der Waals surface area contributed by atoms with Crippen LogP contribution in [0.5, 0.6) is 11.5 Å². The Labute approximate surface area is 170 Å². The van der Waals surface area contributed by atoms with Gasteiger partial charge in [-0.25, -0.2) is 4.98 Å². The van der Waals surface area contributed by atoms with Crippen LogP contribution < -0.4 is 14.4 Å². The number of nitrogens with one attached hydrogen (secondary N) is 1. The van der Waals surface area contributed by atoms with E-state index >= 15 is 0 Å². The van der Waals surface area contributed by atoms with Crippen LogP contribution >= 0.6 is 11.8 Å². The third-order valence-corrected chi connectivity index (χ3v) is 6.50. The van der Waals surface area contributed by atoms with E-state index in [-0.39, 0.29) is 0 Å². The number of aromatic nitrogens is 2. The zero-order valence-electron chi connectivity index (χ0n) is 16.4. The van der Waals surface area contributed by atoms with Gasteiger partial charge in [0, 0.05) is 29.1 Å². The summed E-state index contributed by atoms with van der Waals surface area (Å²) in [6.07, 6.45) is 4.73. The van der Waals surface area contributed by atoms with E-state index in [0.29, 0.717) is 5.25 Å². The van der Waals surface area contributed by atoms with Crippen molar-refractivity contribution in [1.29, 1.82) is 0 Å². The summed E-state index contributed by atoms with van der Waals surface area (Å²) in [5.74, 6) is 2.80. The number of nitrogens with zero attached hydrogens (tertiary/aromatic N) is 2. The molecule has 1 aromatic heterocycles. The minimum atomic E-state index is 0.372. The van der Waals surface area contributed by atoms with Gasteiger partial charge in [-0.2, -0.15) is 0 Å². The van der Waals surface area contributed by atoms with Crippen LogP contribution in [-0.4, -0.2) is 30.7 Å². The molecule has 146 valence electrons. The van der Waals surface area contributed by atoms with E-state index in [1.165, 1.54) is 21.7 Å². The van der Waals surface area contributed by atoms with Crippen LogP contribution in [0.4, 0.5) is 5.69 Å². The van der Waals surface area contributed by atoms with Crippen LogP contribution in [0.2, 0.25) is 0 Å². The second-order valence-electron chi connectivity index (χ2n) is 6.92. The molecule has 5 nitrogen and oxygen atoms in total. The number of imidazole rings is 1. The molecule has 0 amide bonds. The minimum Gasteiger partial charge on any atom is -0.497 e. The highest BCUT2D eigenvalue weighted by atomic mass is 32.2. The quantitative estimate of drug-likeness (QED) is 0.660. The lowest BCUT2D eigenvalue weighted by Gasteiger charge is -2.23. The molecule has 0 fully saturated rings. The molecule has 4 rings (SSSR count). The molecule has 3 aromatic rings. The molecule has 0 saturated heterocycles. The molecule has 0 unspecified atom stereocenters. The molecule has 0 spiro atoms. The molecule has 1 atom stereocenters. The average molecular weight is 396 g/mol. The number of hydrogen-bond donors (Lipinski definition) is 1. The Bertz CT molecular complexity index is 943. The molecule has 1 aliphatic rings. The van der Waals surface area contributed by atoms with E-state index in [1.807, 2.05) is 24.0 Å². The van der Waals surface area contributed by atoms with Crippen molar-refractivity contribution in [2.45, 2.75) is 30.0 Å². The molecule has 0 saturated carbocycles. The Balaban J connectivity index is 1.67. The van der Waals surface area contributed by atoms with Crippen molar-refractivity contribution in [3.05, 3.63) is 65.7 Å². The van der Waals surface area contributed by atoms with Gasteiger partial charge in [-0.05, 0) is 48.7 Å². The van der Waals surface area contributed by atoms with Crippen LogP contribution in [0.25, 0.3) is 0 Å². The van der Waals surface area contributed by atoms with Gasteiger partial charge in [0.15, 0.2) is 0 Å². The van der Waals surface area contributed by atoms with Crippen molar-refractivity contribution in [2.24, 2.45) is 0 Å². The normalized spacial score (nSPS) is 16.4. The number of methoxy groups -OCH3 is 2. The summed E-state index contributed by atoms with van der Waals surface area (Å²) in [5.41, 5.74) is 3.73. The van der Waals surface area contributed by atoms with Crippen LogP contribution in [0.3, 0.4) is 0 Å². The standard InChI is InChI=1S/C22H25N3O2S/c1-15-12-16(4-7-19(15)27-3)20-8-11-25(14-22-23-9-10-24-22)18-6-5-17(26-2)13-21(18)28-20/h4-7,9-10,12-13,20H,8,11,14H2,1-3H3,(H,23,24)/t20-/m1/s1. The second-order valence-corrected chi connectivity index (χ2v) is 8.16. The lowest BCUT2D eigenvalue weighted by molar-refractivity contribution is 0.411. The molecule has 6 heteroatoms. The predicted octanol–water partition coefficient (Wildman–Crippen LogP) is 4.98. The smallest absolute Gasteiger partial charge is 0.125 e. The molecule has 2 aromatic carbocycles. The van der Waals surface area contributed by atoms with Crippen molar-refractivity contribution >= 4 is 17.4 Å². The van der Waals surface area contributed by atoms with E-state index in [2.05, 4.69) is 52.1 Å². The van der Waals surface area contributed by atoms with Gasteiger partial charge in [0.2, 0.25) is 0 Å². The van der Waals surface area contributed by atoms with Gasteiger partial charge in [-0.3, -0.25) is 0 Å². The number of anilines is 1. The fraction of sp³-hybridized carbons (Fsp3) is 0.318. The highest BCUT2D eigenvalue weighted by Gasteiger charge is 2.25. The zero-order chi connectivity index (χ0) is 19.5. The maximum atomic E-state index is 5.49. The number of benzene rings is 2. The summed E-state index contributed by atoms with van der Waals surface area (Å²) >= 11 is 1.91. The van der Waals surface area contributed by atoms with Crippen LogP contribution in [0, 0.1) is 6.92 Å². The molecule has 1 N–H and O–H groups in total. The second kappa shape index (κ2) is 8.19. The number of hydrogen-bond acceptors (Lipinski definition) is 5. The first kappa shape index (κ1) is 18.7. The van der Waals surface area contributed by atoms with Gasteiger partial charge in [-0.15, -0.1) is 11.8 Å². The Kier molecular flexibility index (Phi) is 5.48. The molecule has 1 aliphatic heterocycles. The topological polar surface area (TPSA) is 50.4 Å².